The van der Waals surface area contributed by atoms with E-state index in [0.29, 0.717) is 0 Å². The molecular weight excluding hydrogens is 665 g/mol. The fourth-order valence-electron chi connectivity index (χ4n) is 11.6. The van der Waals surface area contributed by atoms with Crippen LogP contribution in [0.4, 0.5) is 39.8 Å². The highest BCUT2D eigenvalue weighted by molar-refractivity contribution is 6.93. The number of fused-ring (bicyclic) bond motifs is 9. The van der Waals surface area contributed by atoms with Gasteiger partial charge in [0.2, 0.25) is 0 Å². The van der Waals surface area contributed by atoms with Crippen LogP contribution >= 0.6 is 0 Å². The molecule has 1 fully saturated rings. The molecule has 0 amide bonds. The Kier molecular flexibility index (Phi) is 6.61. The van der Waals surface area contributed by atoms with Gasteiger partial charge in [0.25, 0.3) is 0 Å². The van der Waals surface area contributed by atoms with E-state index in [0.717, 1.165) is 11.4 Å². The topological polar surface area (TPSA) is 9.72 Å². The summed E-state index contributed by atoms with van der Waals surface area (Å²) in [6, 6.07) is 48.6. The number of para-hydroxylation sites is 4. The molecule has 0 radical (unpaired) electrons. The zero-order valence-electron chi connectivity index (χ0n) is 33.4. The van der Waals surface area contributed by atoms with Gasteiger partial charge in [0.05, 0.1) is 5.69 Å². The van der Waals surface area contributed by atoms with Gasteiger partial charge in [0.1, 0.15) is 0 Å². The van der Waals surface area contributed by atoms with Gasteiger partial charge in [0.15, 0.2) is 0 Å². The van der Waals surface area contributed by atoms with Crippen molar-refractivity contribution in [1.82, 2.24) is 0 Å². The first-order chi connectivity index (χ1) is 26.4. The number of benzene rings is 6. The lowest BCUT2D eigenvalue weighted by Crippen LogP contribution is -2.71. The summed E-state index contributed by atoms with van der Waals surface area (Å²) >= 11 is 0. The third kappa shape index (κ3) is 4.18. The lowest BCUT2D eigenvalue weighted by molar-refractivity contribution is 0.199. The first-order valence-corrected chi connectivity index (χ1v) is 20.5. The molecule has 4 heteroatoms. The fourth-order valence-corrected chi connectivity index (χ4v) is 11.6. The van der Waals surface area contributed by atoms with Gasteiger partial charge in [-0.25, -0.2) is 0 Å². The highest BCUT2D eigenvalue weighted by Crippen LogP contribution is 2.64. The van der Waals surface area contributed by atoms with Crippen LogP contribution in [0.25, 0.3) is 11.1 Å². The molecule has 6 aromatic carbocycles. The molecule has 272 valence electrons. The smallest absolute Gasteiger partial charge is 0.328 e. The summed E-state index contributed by atoms with van der Waals surface area (Å²) in [5.74, 6) is 0. The third-order valence-corrected chi connectivity index (χ3v) is 14.7. The van der Waals surface area contributed by atoms with E-state index in [1.807, 2.05) is 0 Å². The van der Waals surface area contributed by atoms with Crippen LogP contribution in [0.1, 0.15) is 96.4 Å². The second kappa shape index (κ2) is 11.0. The lowest BCUT2D eigenvalue weighted by atomic mass is 9.41. The summed E-state index contributed by atoms with van der Waals surface area (Å²) in [7, 11) is 0. The van der Waals surface area contributed by atoms with E-state index >= 15 is 0 Å². The first kappa shape index (κ1) is 33.2. The van der Waals surface area contributed by atoms with Gasteiger partial charge in [-0.05, 0) is 112 Å². The van der Waals surface area contributed by atoms with E-state index in [2.05, 4.69) is 190 Å². The number of hydrogen-bond acceptors (Lipinski definition) is 3. The molecular formula is C51H50BN3. The van der Waals surface area contributed by atoms with Gasteiger partial charge in [-0.2, -0.15) is 0 Å². The highest BCUT2D eigenvalue weighted by atomic mass is 15.2. The molecule has 0 N–H and O–H groups in total. The minimum Gasteiger partial charge on any atom is -0.400 e. The van der Waals surface area contributed by atoms with E-state index in [-0.39, 0.29) is 28.6 Å². The predicted octanol–water partition coefficient (Wildman–Crippen LogP) is 12.1. The Hall–Kier alpha value is -5.22. The molecule has 2 unspecified atom stereocenters. The molecule has 4 heterocycles. The monoisotopic (exact) mass is 715 g/mol. The van der Waals surface area contributed by atoms with Crippen molar-refractivity contribution in [3.05, 3.63) is 150 Å². The average Bonchev–Trinajstić information content (AvgIpc) is 3.39. The molecule has 6 aromatic rings. The zero-order chi connectivity index (χ0) is 37.6. The quantitative estimate of drug-likeness (QED) is 0.169. The summed E-state index contributed by atoms with van der Waals surface area (Å²) in [6.45, 7) is 17.4. The Labute approximate surface area is 327 Å². The Morgan fingerprint density at radius 3 is 1.95 bits per heavy atom. The van der Waals surface area contributed by atoms with Gasteiger partial charge < -0.3 is 14.6 Å². The highest BCUT2D eigenvalue weighted by Gasteiger charge is 2.63. The van der Waals surface area contributed by atoms with E-state index in [9.17, 15) is 0 Å². The first-order valence-electron chi connectivity index (χ1n) is 20.5. The van der Waals surface area contributed by atoms with Crippen LogP contribution in [-0.4, -0.2) is 12.4 Å². The van der Waals surface area contributed by atoms with Gasteiger partial charge in [-0.15, -0.1) is 0 Å². The lowest BCUT2D eigenvalue weighted by Gasteiger charge is -2.56. The van der Waals surface area contributed by atoms with Gasteiger partial charge in [0, 0.05) is 56.1 Å². The maximum Gasteiger partial charge on any atom is 0.328 e. The Morgan fingerprint density at radius 1 is 0.582 bits per heavy atom. The standard InChI is InChI=1S/C51H50BN3/c1-48(2,3)33-29-38-37-31-36(53(34-19-10-8-11-20-34)35-21-12-9-13-22-35)32-44-45(37)52(55-46(38)41(30-33)50(6)27-16-17-28-51(50,55)7)42-25-18-24-40-47(42)54(44)43-26-15-14-23-39(43)49(40,4)5/h8-15,18-26,29-32H,16-17,27-28H2,1-7H3. The molecule has 55 heavy (non-hydrogen) atoms. The van der Waals surface area contributed by atoms with Crippen LogP contribution in [0.2, 0.25) is 0 Å². The van der Waals surface area contributed by atoms with Crippen molar-refractivity contribution in [1.29, 1.82) is 0 Å². The molecule has 0 bridgehead atoms. The van der Waals surface area contributed by atoms with Crippen molar-refractivity contribution in [2.24, 2.45) is 0 Å². The second-order valence-electron chi connectivity index (χ2n) is 18.9. The van der Waals surface area contributed by atoms with Crippen molar-refractivity contribution in [3.63, 3.8) is 0 Å². The van der Waals surface area contributed by atoms with Crippen molar-refractivity contribution in [2.45, 2.75) is 95.9 Å². The normalized spacial score (nSPS) is 22.0. The van der Waals surface area contributed by atoms with Crippen molar-refractivity contribution >= 4 is 57.6 Å². The summed E-state index contributed by atoms with van der Waals surface area (Å²) in [5, 5.41) is 0. The Balaban J connectivity index is 1.31. The minimum absolute atomic E-state index is 0.00784. The summed E-state index contributed by atoms with van der Waals surface area (Å²) < 4.78 is 0. The largest absolute Gasteiger partial charge is 0.400 e. The molecule has 3 nitrogen and oxygen atoms in total. The van der Waals surface area contributed by atoms with Crippen LogP contribution in [-0.2, 0) is 16.2 Å². The van der Waals surface area contributed by atoms with E-state index in [1.54, 1.807) is 5.56 Å². The van der Waals surface area contributed by atoms with E-state index in [1.165, 1.54) is 92.9 Å². The number of hydrogen-bond donors (Lipinski definition) is 0. The zero-order valence-corrected chi connectivity index (χ0v) is 33.4. The summed E-state index contributed by atoms with van der Waals surface area (Å²) in [6.07, 6.45) is 4.97. The molecule has 11 rings (SSSR count). The van der Waals surface area contributed by atoms with E-state index < -0.39 is 0 Å². The number of nitrogens with zero attached hydrogens (tertiary/aromatic N) is 3. The predicted molar refractivity (Wildman–Crippen MR) is 234 cm³/mol. The minimum atomic E-state index is -0.149. The van der Waals surface area contributed by atoms with Crippen molar-refractivity contribution in [3.8, 4) is 11.1 Å². The van der Waals surface area contributed by atoms with Gasteiger partial charge in [-0.1, -0.05) is 133 Å². The van der Waals surface area contributed by atoms with Crippen molar-refractivity contribution in [2.75, 3.05) is 14.6 Å². The summed E-state index contributed by atoms with van der Waals surface area (Å²) in [5.41, 5.74) is 20.3. The maximum atomic E-state index is 2.97. The summed E-state index contributed by atoms with van der Waals surface area (Å²) in [4.78, 5) is 8.10. The van der Waals surface area contributed by atoms with Crippen LogP contribution < -0.4 is 25.5 Å². The maximum absolute atomic E-state index is 2.97. The fraction of sp³-hybridized carbons (Fsp3) is 0.294. The SMILES string of the molecule is CC(C)(C)c1cc2c3c(c1)C1(C)CCCCC1(C)N3B1c3cccc4c3N(c3ccccc3C4(C)C)c3cc(N(c4ccccc4)c4ccccc4)cc-2c31. The molecule has 5 aliphatic rings. The molecule has 0 aromatic heterocycles. The Bertz CT molecular complexity index is 2530. The van der Waals surface area contributed by atoms with Crippen LogP contribution in [0.3, 0.4) is 0 Å². The van der Waals surface area contributed by atoms with E-state index in [4.69, 9.17) is 0 Å². The van der Waals surface area contributed by atoms with Gasteiger partial charge >= 0.3 is 6.85 Å². The Morgan fingerprint density at radius 2 is 1.24 bits per heavy atom. The molecule has 0 saturated heterocycles. The molecule has 1 aliphatic carbocycles. The molecule has 1 saturated carbocycles. The number of rotatable bonds is 3. The second-order valence-corrected chi connectivity index (χ2v) is 18.9. The van der Waals surface area contributed by atoms with Crippen LogP contribution in [0.15, 0.2) is 127 Å². The number of anilines is 7. The average molecular weight is 716 g/mol. The third-order valence-electron chi connectivity index (χ3n) is 14.7. The van der Waals surface area contributed by atoms with Crippen LogP contribution in [0, 0.1) is 0 Å². The van der Waals surface area contributed by atoms with Crippen LogP contribution in [0.5, 0.6) is 0 Å². The molecule has 4 aliphatic heterocycles. The molecule has 0 spiro atoms. The van der Waals surface area contributed by atoms with Gasteiger partial charge in [-0.3, -0.25) is 0 Å². The van der Waals surface area contributed by atoms with Crippen molar-refractivity contribution < 1.29 is 0 Å². The molecule has 2 atom stereocenters.